The van der Waals surface area contributed by atoms with Gasteiger partial charge in [0.1, 0.15) is 6.07 Å². The van der Waals surface area contributed by atoms with Gasteiger partial charge in [-0.05, 0) is 30.5 Å². The Balaban J connectivity index is 2.53. The van der Waals surface area contributed by atoms with Crippen LogP contribution in [0.5, 0.6) is 5.75 Å². The summed E-state index contributed by atoms with van der Waals surface area (Å²) in [4.78, 5) is 0. The van der Waals surface area contributed by atoms with Crippen LogP contribution in [0.4, 0.5) is 4.39 Å². The van der Waals surface area contributed by atoms with Crippen molar-refractivity contribution in [2.75, 3.05) is 13.7 Å². The van der Waals surface area contributed by atoms with Gasteiger partial charge >= 0.3 is 0 Å². The summed E-state index contributed by atoms with van der Waals surface area (Å²) >= 11 is 0. The molecule has 0 atom stereocenters. The van der Waals surface area contributed by atoms with Gasteiger partial charge in [-0.2, -0.15) is 5.26 Å². The number of methoxy groups -OCH3 is 1. The van der Waals surface area contributed by atoms with Gasteiger partial charge in [0.15, 0.2) is 11.6 Å². The van der Waals surface area contributed by atoms with Gasteiger partial charge in [0.2, 0.25) is 0 Å². The van der Waals surface area contributed by atoms with Gasteiger partial charge in [-0.3, -0.25) is 0 Å². The van der Waals surface area contributed by atoms with Crippen molar-refractivity contribution >= 4 is 0 Å². The zero-order valence-corrected chi connectivity index (χ0v) is 10.5. The average molecular weight is 248 g/mol. The smallest absolute Gasteiger partial charge is 0.172 e. The molecule has 1 aromatic carbocycles. The standard InChI is InChI=1S/C14H17FN2O/c1-18-13-10(8-16)6-11(7-12(13)15)14(9-17)4-2-3-5-14/h6-7H,2-5,9,17H2,1H3. The summed E-state index contributed by atoms with van der Waals surface area (Å²) in [5.41, 5.74) is 6.78. The van der Waals surface area contributed by atoms with Crippen LogP contribution in [-0.4, -0.2) is 13.7 Å². The fraction of sp³-hybridized carbons (Fsp3) is 0.500. The van der Waals surface area contributed by atoms with Crippen LogP contribution in [0.15, 0.2) is 12.1 Å². The quantitative estimate of drug-likeness (QED) is 0.894. The Bertz CT molecular complexity index is 487. The van der Waals surface area contributed by atoms with E-state index in [1.807, 2.05) is 6.07 Å². The fourth-order valence-corrected chi connectivity index (χ4v) is 2.85. The van der Waals surface area contributed by atoms with E-state index in [1.165, 1.54) is 13.2 Å². The topological polar surface area (TPSA) is 59.0 Å². The number of halogens is 1. The highest BCUT2D eigenvalue weighted by atomic mass is 19.1. The Morgan fingerprint density at radius 3 is 2.61 bits per heavy atom. The lowest BCUT2D eigenvalue weighted by molar-refractivity contribution is 0.381. The molecule has 0 unspecified atom stereocenters. The van der Waals surface area contributed by atoms with Crippen molar-refractivity contribution < 1.29 is 9.13 Å². The number of nitriles is 1. The summed E-state index contributed by atoms with van der Waals surface area (Å²) in [5, 5.41) is 9.07. The van der Waals surface area contributed by atoms with E-state index in [0.29, 0.717) is 6.54 Å². The van der Waals surface area contributed by atoms with E-state index < -0.39 is 5.82 Å². The molecule has 96 valence electrons. The number of rotatable bonds is 3. The highest BCUT2D eigenvalue weighted by Gasteiger charge is 2.35. The second-order valence-corrected chi connectivity index (χ2v) is 4.84. The molecule has 1 fully saturated rings. The SMILES string of the molecule is COc1c(F)cc(C2(CN)CCCC2)cc1C#N. The first-order chi connectivity index (χ1) is 8.66. The molecule has 0 aromatic heterocycles. The van der Waals surface area contributed by atoms with Gasteiger partial charge < -0.3 is 10.5 Å². The monoisotopic (exact) mass is 248 g/mol. The number of nitrogens with zero attached hydrogens (tertiary/aromatic N) is 1. The summed E-state index contributed by atoms with van der Waals surface area (Å²) in [5.74, 6) is -0.460. The Labute approximate surface area is 106 Å². The van der Waals surface area contributed by atoms with Crippen LogP contribution < -0.4 is 10.5 Å². The molecule has 0 amide bonds. The molecule has 4 heteroatoms. The van der Waals surface area contributed by atoms with Crippen LogP contribution in [0.25, 0.3) is 0 Å². The minimum absolute atomic E-state index is 0.0198. The number of hydrogen-bond donors (Lipinski definition) is 1. The lowest BCUT2D eigenvalue weighted by atomic mass is 9.78. The Morgan fingerprint density at radius 2 is 2.11 bits per heavy atom. The average Bonchev–Trinajstić information content (AvgIpc) is 2.87. The van der Waals surface area contributed by atoms with Gasteiger partial charge in [-0.15, -0.1) is 0 Å². The third-order valence-corrected chi connectivity index (χ3v) is 3.93. The number of benzene rings is 1. The molecular weight excluding hydrogens is 231 g/mol. The second-order valence-electron chi connectivity index (χ2n) is 4.84. The summed E-state index contributed by atoms with van der Waals surface area (Å²) in [6.45, 7) is 0.490. The lowest BCUT2D eigenvalue weighted by Gasteiger charge is -2.28. The molecule has 0 saturated heterocycles. The van der Waals surface area contributed by atoms with Gasteiger partial charge in [0.25, 0.3) is 0 Å². The van der Waals surface area contributed by atoms with E-state index in [4.69, 9.17) is 15.7 Å². The fourth-order valence-electron chi connectivity index (χ4n) is 2.85. The molecule has 1 aromatic rings. The Hall–Kier alpha value is -1.60. The minimum Gasteiger partial charge on any atom is -0.492 e. The van der Waals surface area contributed by atoms with E-state index in [9.17, 15) is 4.39 Å². The molecule has 1 saturated carbocycles. The van der Waals surface area contributed by atoms with E-state index in [-0.39, 0.29) is 16.7 Å². The largest absolute Gasteiger partial charge is 0.492 e. The van der Waals surface area contributed by atoms with Gasteiger partial charge in [-0.25, -0.2) is 4.39 Å². The maximum atomic E-state index is 13.9. The summed E-state index contributed by atoms with van der Waals surface area (Å²) < 4.78 is 18.9. The Morgan fingerprint density at radius 1 is 1.44 bits per heavy atom. The molecule has 1 aliphatic rings. The highest BCUT2D eigenvalue weighted by Crippen LogP contribution is 2.42. The lowest BCUT2D eigenvalue weighted by Crippen LogP contribution is -2.32. The zero-order valence-electron chi connectivity index (χ0n) is 10.5. The van der Waals surface area contributed by atoms with Gasteiger partial charge in [0.05, 0.1) is 12.7 Å². The van der Waals surface area contributed by atoms with Crippen LogP contribution in [0.1, 0.15) is 36.8 Å². The second kappa shape index (κ2) is 4.95. The van der Waals surface area contributed by atoms with E-state index >= 15 is 0 Å². The third kappa shape index (κ3) is 1.95. The number of hydrogen-bond acceptors (Lipinski definition) is 3. The summed E-state index contributed by atoms with van der Waals surface area (Å²) in [6, 6.07) is 5.18. The Kier molecular flexibility index (Phi) is 3.53. The predicted molar refractivity (Wildman–Crippen MR) is 66.9 cm³/mol. The van der Waals surface area contributed by atoms with Crippen LogP contribution >= 0.6 is 0 Å². The van der Waals surface area contributed by atoms with Gasteiger partial charge in [0, 0.05) is 12.0 Å². The molecule has 1 aliphatic carbocycles. The van der Waals surface area contributed by atoms with E-state index in [2.05, 4.69) is 0 Å². The highest BCUT2D eigenvalue weighted by molar-refractivity contribution is 5.48. The van der Waals surface area contributed by atoms with Crippen molar-refractivity contribution in [1.82, 2.24) is 0 Å². The van der Waals surface area contributed by atoms with Crippen LogP contribution in [0.3, 0.4) is 0 Å². The molecule has 0 radical (unpaired) electrons. The minimum atomic E-state index is -0.480. The van der Waals surface area contributed by atoms with Crippen LogP contribution in [0.2, 0.25) is 0 Å². The molecule has 3 nitrogen and oxygen atoms in total. The molecule has 0 aliphatic heterocycles. The first-order valence-electron chi connectivity index (χ1n) is 6.15. The maximum absolute atomic E-state index is 13.9. The molecule has 18 heavy (non-hydrogen) atoms. The van der Waals surface area contributed by atoms with E-state index in [1.54, 1.807) is 6.07 Å². The van der Waals surface area contributed by atoms with E-state index in [0.717, 1.165) is 31.2 Å². The first-order valence-corrected chi connectivity index (χ1v) is 6.15. The van der Waals surface area contributed by atoms with Crippen molar-refractivity contribution in [1.29, 1.82) is 5.26 Å². The summed E-state index contributed by atoms with van der Waals surface area (Å²) in [6.07, 6.45) is 4.12. The number of ether oxygens (including phenoxy) is 1. The molecular formula is C14H17FN2O. The first kappa shape index (κ1) is 12.8. The van der Waals surface area contributed by atoms with Crippen molar-refractivity contribution in [2.24, 2.45) is 5.73 Å². The zero-order chi connectivity index (χ0) is 13.2. The van der Waals surface area contributed by atoms with Gasteiger partial charge in [-0.1, -0.05) is 12.8 Å². The molecule has 2 N–H and O–H groups in total. The molecule has 0 spiro atoms. The van der Waals surface area contributed by atoms with Crippen LogP contribution in [-0.2, 0) is 5.41 Å². The molecule has 2 rings (SSSR count). The maximum Gasteiger partial charge on any atom is 0.172 e. The summed E-state index contributed by atoms with van der Waals surface area (Å²) in [7, 11) is 1.37. The normalized spacial score (nSPS) is 17.4. The number of nitrogens with two attached hydrogens (primary N) is 1. The predicted octanol–water partition coefficient (Wildman–Crippen LogP) is 2.48. The van der Waals surface area contributed by atoms with Crippen molar-refractivity contribution in [3.05, 3.63) is 29.1 Å². The molecule has 0 heterocycles. The third-order valence-electron chi connectivity index (χ3n) is 3.93. The molecule has 0 bridgehead atoms. The van der Waals surface area contributed by atoms with Crippen molar-refractivity contribution in [3.8, 4) is 11.8 Å². The van der Waals surface area contributed by atoms with Crippen LogP contribution in [0, 0.1) is 17.1 Å². The van der Waals surface area contributed by atoms with Crippen molar-refractivity contribution in [3.63, 3.8) is 0 Å². The van der Waals surface area contributed by atoms with Crippen molar-refractivity contribution in [2.45, 2.75) is 31.1 Å².